The van der Waals surface area contributed by atoms with Crippen molar-refractivity contribution in [3.63, 3.8) is 0 Å². The van der Waals surface area contributed by atoms with E-state index in [0.717, 1.165) is 18.3 Å². The molecule has 114 valence electrons. The third-order valence-electron chi connectivity index (χ3n) is 4.44. The average molecular weight is 286 g/mol. The smallest absolute Gasteiger partial charge is 0.333 e. The predicted octanol–water partition coefficient (Wildman–Crippen LogP) is 4.64. The summed E-state index contributed by atoms with van der Waals surface area (Å²) in [6.07, 6.45) is 6.10. The summed E-state index contributed by atoms with van der Waals surface area (Å²) in [6, 6.07) is 8.83. The standard InChI is InChI=1S/C19H26O2/c1-14(2)19(20)21-13-12-16-6-10-18(11-7-16)17-8-4-15(3)5-9-17/h6-7,10-11,15,17H,1,4-5,8-9,12-13H2,2-3H3. The minimum absolute atomic E-state index is 0.303. The summed E-state index contributed by atoms with van der Waals surface area (Å²) in [5.41, 5.74) is 3.14. The second-order valence-corrected chi connectivity index (χ2v) is 6.36. The Morgan fingerprint density at radius 3 is 2.38 bits per heavy atom. The molecule has 0 bridgehead atoms. The van der Waals surface area contributed by atoms with Gasteiger partial charge in [0.2, 0.25) is 0 Å². The molecule has 0 heterocycles. The van der Waals surface area contributed by atoms with E-state index in [2.05, 4.69) is 37.8 Å². The van der Waals surface area contributed by atoms with Crippen molar-refractivity contribution in [2.45, 2.75) is 51.9 Å². The largest absolute Gasteiger partial charge is 0.462 e. The average Bonchev–Trinajstić information content (AvgIpc) is 2.48. The van der Waals surface area contributed by atoms with Crippen LogP contribution in [0, 0.1) is 5.92 Å². The Morgan fingerprint density at radius 2 is 1.81 bits per heavy atom. The fourth-order valence-electron chi connectivity index (χ4n) is 2.93. The first-order valence-corrected chi connectivity index (χ1v) is 7.97. The number of benzene rings is 1. The van der Waals surface area contributed by atoms with Gasteiger partial charge in [-0.3, -0.25) is 0 Å². The summed E-state index contributed by atoms with van der Waals surface area (Å²) < 4.78 is 5.13. The van der Waals surface area contributed by atoms with Gasteiger partial charge in [0.1, 0.15) is 0 Å². The van der Waals surface area contributed by atoms with Crippen molar-refractivity contribution in [3.05, 3.63) is 47.5 Å². The van der Waals surface area contributed by atoms with Crippen LogP contribution in [-0.4, -0.2) is 12.6 Å². The molecule has 1 aliphatic rings. The number of esters is 1. The van der Waals surface area contributed by atoms with Crippen LogP contribution in [0.2, 0.25) is 0 Å². The van der Waals surface area contributed by atoms with Crippen molar-refractivity contribution >= 4 is 5.97 Å². The molecule has 0 N–H and O–H groups in total. The highest BCUT2D eigenvalue weighted by atomic mass is 16.5. The monoisotopic (exact) mass is 286 g/mol. The molecular formula is C19H26O2. The van der Waals surface area contributed by atoms with E-state index in [1.807, 2.05) is 0 Å². The van der Waals surface area contributed by atoms with Gasteiger partial charge in [0.25, 0.3) is 0 Å². The van der Waals surface area contributed by atoms with Crippen molar-refractivity contribution in [3.8, 4) is 0 Å². The van der Waals surface area contributed by atoms with Crippen molar-refractivity contribution in [2.75, 3.05) is 6.61 Å². The van der Waals surface area contributed by atoms with E-state index in [4.69, 9.17) is 4.74 Å². The maximum absolute atomic E-state index is 11.3. The summed E-state index contributed by atoms with van der Waals surface area (Å²) >= 11 is 0. The maximum atomic E-state index is 11.3. The third kappa shape index (κ3) is 4.73. The Morgan fingerprint density at radius 1 is 1.19 bits per heavy atom. The number of carbonyl (C=O) groups is 1. The molecule has 0 atom stereocenters. The lowest BCUT2D eigenvalue weighted by molar-refractivity contribution is -0.138. The highest BCUT2D eigenvalue weighted by Crippen LogP contribution is 2.35. The van der Waals surface area contributed by atoms with Crippen LogP contribution in [0.3, 0.4) is 0 Å². The fraction of sp³-hybridized carbons (Fsp3) is 0.526. The van der Waals surface area contributed by atoms with Gasteiger partial charge in [-0.2, -0.15) is 0 Å². The van der Waals surface area contributed by atoms with E-state index < -0.39 is 0 Å². The minimum Gasteiger partial charge on any atom is -0.462 e. The number of rotatable bonds is 5. The van der Waals surface area contributed by atoms with Gasteiger partial charge in [-0.15, -0.1) is 0 Å². The fourth-order valence-corrected chi connectivity index (χ4v) is 2.93. The van der Waals surface area contributed by atoms with Crippen LogP contribution >= 0.6 is 0 Å². The Bertz CT molecular complexity index is 479. The van der Waals surface area contributed by atoms with Crippen molar-refractivity contribution in [1.29, 1.82) is 0 Å². The number of hydrogen-bond donors (Lipinski definition) is 0. The molecule has 21 heavy (non-hydrogen) atoms. The SMILES string of the molecule is C=C(C)C(=O)OCCc1ccc(C2CCC(C)CC2)cc1. The van der Waals surface area contributed by atoms with E-state index in [1.165, 1.54) is 36.8 Å². The molecule has 1 aromatic carbocycles. The van der Waals surface area contributed by atoms with Gasteiger partial charge >= 0.3 is 5.97 Å². The van der Waals surface area contributed by atoms with Gasteiger partial charge in [-0.1, -0.05) is 50.6 Å². The lowest BCUT2D eigenvalue weighted by Gasteiger charge is -2.26. The van der Waals surface area contributed by atoms with E-state index in [0.29, 0.717) is 12.2 Å². The highest BCUT2D eigenvalue weighted by Gasteiger charge is 2.19. The van der Waals surface area contributed by atoms with E-state index in [-0.39, 0.29) is 5.97 Å². The van der Waals surface area contributed by atoms with Crippen LogP contribution in [0.25, 0.3) is 0 Å². The molecule has 2 heteroatoms. The van der Waals surface area contributed by atoms with E-state index in [9.17, 15) is 4.79 Å². The lowest BCUT2D eigenvalue weighted by Crippen LogP contribution is -2.11. The first-order chi connectivity index (χ1) is 10.1. The highest BCUT2D eigenvalue weighted by molar-refractivity contribution is 5.86. The molecule has 0 saturated heterocycles. The van der Waals surface area contributed by atoms with E-state index in [1.54, 1.807) is 6.92 Å². The molecule has 1 saturated carbocycles. The normalized spacial score (nSPS) is 21.8. The molecular weight excluding hydrogens is 260 g/mol. The quantitative estimate of drug-likeness (QED) is 0.582. The van der Waals surface area contributed by atoms with Gasteiger partial charge < -0.3 is 4.74 Å². The van der Waals surface area contributed by atoms with Crippen LogP contribution in [0.5, 0.6) is 0 Å². The van der Waals surface area contributed by atoms with Gasteiger partial charge in [-0.25, -0.2) is 4.79 Å². The molecule has 2 nitrogen and oxygen atoms in total. The molecule has 0 amide bonds. The Labute approximate surface area is 128 Å². The molecule has 0 aliphatic heterocycles. The van der Waals surface area contributed by atoms with Gasteiger partial charge in [-0.05, 0) is 42.7 Å². The number of ether oxygens (including phenoxy) is 1. The van der Waals surface area contributed by atoms with Crippen molar-refractivity contribution in [2.24, 2.45) is 5.92 Å². The minimum atomic E-state index is -0.303. The molecule has 0 unspecified atom stereocenters. The molecule has 0 spiro atoms. The molecule has 0 radical (unpaired) electrons. The first kappa shape index (κ1) is 15.8. The van der Waals surface area contributed by atoms with Gasteiger partial charge in [0.15, 0.2) is 0 Å². The van der Waals surface area contributed by atoms with Crippen LogP contribution in [0.1, 0.15) is 56.6 Å². The second-order valence-electron chi connectivity index (χ2n) is 6.36. The van der Waals surface area contributed by atoms with Crippen LogP contribution in [-0.2, 0) is 16.0 Å². The molecule has 1 aliphatic carbocycles. The van der Waals surface area contributed by atoms with Crippen molar-refractivity contribution < 1.29 is 9.53 Å². The molecule has 1 aromatic rings. The summed E-state index contributed by atoms with van der Waals surface area (Å²) in [4.78, 5) is 11.3. The maximum Gasteiger partial charge on any atom is 0.333 e. The van der Waals surface area contributed by atoms with Crippen molar-refractivity contribution in [1.82, 2.24) is 0 Å². The van der Waals surface area contributed by atoms with Crippen LogP contribution in [0.4, 0.5) is 0 Å². The molecule has 0 aromatic heterocycles. The zero-order valence-corrected chi connectivity index (χ0v) is 13.2. The van der Waals surface area contributed by atoms with Gasteiger partial charge in [0, 0.05) is 12.0 Å². The zero-order chi connectivity index (χ0) is 15.2. The first-order valence-electron chi connectivity index (χ1n) is 7.97. The number of carbonyl (C=O) groups excluding carboxylic acids is 1. The Kier molecular flexibility index (Phi) is 5.60. The van der Waals surface area contributed by atoms with Crippen LogP contribution in [0.15, 0.2) is 36.4 Å². The summed E-state index contributed by atoms with van der Waals surface area (Å²) in [6.45, 7) is 8.02. The van der Waals surface area contributed by atoms with Gasteiger partial charge in [0.05, 0.1) is 6.61 Å². The molecule has 1 fully saturated rings. The number of hydrogen-bond acceptors (Lipinski definition) is 2. The summed E-state index contributed by atoms with van der Waals surface area (Å²) in [5.74, 6) is 1.32. The van der Waals surface area contributed by atoms with E-state index >= 15 is 0 Å². The zero-order valence-electron chi connectivity index (χ0n) is 13.2. The predicted molar refractivity (Wildman–Crippen MR) is 86.3 cm³/mol. The topological polar surface area (TPSA) is 26.3 Å². The Balaban J connectivity index is 1.82. The lowest BCUT2D eigenvalue weighted by atomic mass is 9.79. The van der Waals surface area contributed by atoms with Crippen LogP contribution < -0.4 is 0 Å². The second kappa shape index (κ2) is 7.44. The summed E-state index contributed by atoms with van der Waals surface area (Å²) in [7, 11) is 0. The Hall–Kier alpha value is -1.57. The molecule has 2 rings (SSSR count). The summed E-state index contributed by atoms with van der Waals surface area (Å²) in [5, 5.41) is 0. The third-order valence-corrected chi connectivity index (χ3v) is 4.44.